The number of ether oxygens (including phenoxy) is 2. The number of aryl methyl sites for hydroxylation is 1. The fourth-order valence-corrected chi connectivity index (χ4v) is 2.83. The summed E-state index contributed by atoms with van der Waals surface area (Å²) in [6.07, 6.45) is -10.6. The van der Waals surface area contributed by atoms with Gasteiger partial charge < -0.3 is 14.8 Å². The van der Waals surface area contributed by atoms with Crippen LogP contribution in [0.1, 0.15) is 23.1 Å². The Kier molecular flexibility index (Phi) is 5.63. The van der Waals surface area contributed by atoms with E-state index in [1.165, 1.54) is 6.07 Å². The summed E-state index contributed by atoms with van der Waals surface area (Å²) in [4.78, 5) is 12.1. The van der Waals surface area contributed by atoms with Crippen molar-refractivity contribution in [2.45, 2.75) is 25.2 Å². The standard InChI is InChI=1S/C19H15F6NO3/c20-18(21,22)12-3-1-11(14(9-12)19(23,24)25)2-6-17(27)26-13-4-5-15-16(10-13)29-8-7-28-15/h1,3-5,9-10H,2,6-8H2,(H,26,27). The van der Waals surface area contributed by atoms with Crippen molar-refractivity contribution in [3.8, 4) is 11.5 Å². The first-order valence-corrected chi connectivity index (χ1v) is 8.51. The van der Waals surface area contributed by atoms with Crippen molar-refractivity contribution in [1.82, 2.24) is 0 Å². The molecule has 10 heteroatoms. The van der Waals surface area contributed by atoms with Crippen LogP contribution in [0.4, 0.5) is 32.0 Å². The van der Waals surface area contributed by atoms with E-state index in [0.717, 1.165) is 6.07 Å². The van der Waals surface area contributed by atoms with Gasteiger partial charge in [0.15, 0.2) is 11.5 Å². The molecular formula is C19H15F6NO3. The van der Waals surface area contributed by atoms with Crippen molar-refractivity contribution < 1.29 is 40.6 Å². The Morgan fingerprint density at radius 1 is 0.897 bits per heavy atom. The fraction of sp³-hybridized carbons (Fsp3) is 0.316. The van der Waals surface area contributed by atoms with Crippen LogP contribution in [-0.4, -0.2) is 19.1 Å². The highest BCUT2D eigenvalue weighted by atomic mass is 19.4. The third-order valence-electron chi connectivity index (χ3n) is 4.19. The highest BCUT2D eigenvalue weighted by molar-refractivity contribution is 5.91. The van der Waals surface area contributed by atoms with Gasteiger partial charge in [0.2, 0.25) is 5.91 Å². The van der Waals surface area contributed by atoms with Crippen LogP contribution in [0.15, 0.2) is 36.4 Å². The Labute approximate surface area is 161 Å². The third-order valence-corrected chi connectivity index (χ3v) is 4.19. The molecule has 2 aromatic rings. The molecule has 3 rings (SSSR count). The number of rotatable bonds is 4. The first kappa shape index (κ1) is 20.8. The molecule has 156 valence electrons. The number of hydrogen-bond donors (Lipinski definition) is 1. The second-order valence-corrected chi connectivity index (χ2v) is 6.27. The second kappa shape index (κ2) is 7.84. The van der Waals surface area contributed by atoms with Gasteiger partial charge in [-0.25, -0.2) is 0 Å². The molecule has 4 nitrogen and oxygen atoms in total. The lowest BCUT2D eigenvalue weighted by atomic mass is 9.99. The number of amides is 1. The first-order chi connectivity index (χ1) is 13.5. The molecule has 0 saturated carbocycles. The molecule has 0 atom stereocenters. The van der Waals surface area contributed by atoms with Gasteiger partial charge >= 0.3 is 12.4 Å². The number of hydrogen-bond acceptors (Lipinski definition) is 3. The maximum atomic E-state index is 13.2. The fourth-order valence-electron chi connectivity index (χ4n) is 2.83. The molecule has 2 aromatic carbocycles. The van der Waals surface area contributed by atoms with Crippen LogP contribution in [0.5, 0.6) is 11.5 Å². The Hall–Kier alpha value is -2.91. The van der Waals surface area contributed by atoms with E-state index in [9.17, 15) is 31.1 Å². The van der Waals surface area contributed by atoms with Gasteiger partial charge in [-0.05, 0) is 36.2 Å². The number of benzene rings is 2. The van der Waals surface area contributed by atoms with Gasteiger partial charge in [0.05, 0.1) is 11.1 Å². The van der Waals surface area contributed by atoms with E-state index in [4.69, 9.17) is 9.47 Å². The summed E-state index contributed by atoms with van der Waals surface area (Å²) in [5.74, 6) is 0.347. The molecule has 1 N–H and O–H groups in total. The van der Waals surface area contributed by atoms with Crippen LogP contribution < -0.4 is 14.8 Å². The van der Waals surface area contributed by atoms with E-state index in [-0.39, 0.29) is 24.5 Å². The number of alkyl halides is 6. The molecule has 0 radical (unpaired) electrons. The summed E-state index contributed by atoms with van der Waals surface area (Å²) in [5, 5.41) is 2.52. The Morgan fingerprint density at radius 3 is 2.24 bits per heavy atom. The molecule has 0 fully saturated rings. The van der Waals surface area contributed by atoms with E-state index in [1.54, 1.807) is 12.1 Å². The molecule has 0 spiro atoms. The van der Waals surface area contributed by atoms with E-state index in [2.05, 4.69) is 5.32 Å². The van der Waals surface area contributed by atoms with Crippen LogP contribution >= 0.6 is 0 Å². The smallest absolute Gasteiger partial charge is 0.416 e. The minimum Gasteiger partial charge on any atom is -0.486 e. The molecule has 29 heavy (non-hydrogen) atoms. The van der Waals surface area contributed by atoms with Crippen LogP contribution in [0.2, 0.25) is 0 Å². The molecule has 0 bridgehead atoms. The van der Waals surface area contributed by atoms with Crippen LogP contribution in [0.25, 0.3) is 0 Å². The lowest BCUT2D eigenvalue weighted by molar-refractivity contribution is -0.143. The molecule has 1 amide bonds. The molecule has 1 aliphatic rings. The molecule has 0 aromatic heterocycles. The predicted octanol–water partition coefficient (Wildman–Crippen LogP) is 5.07. The Balaban J connectivity index is 1.70. The van der Waals surface area contributed by atoms with Gasteiger partial charge in [-0.1, -0.05) is 6.07 Å². The zero-order valence-corrected chi connectivity index (χ0v) is 14.8. The van der Waals surface area contributed by atoms with Gasteiger partial charge in [0.1, 0.15) is 13.2 Å². The number of carbonyl (C=O) groups is 1. The van der Waals surface area contributed by atoms with E-state index < -0.39 is 29.4 Å². The molecule has 0 aliphatic carbocycles. The number of anilines is 1. The summed E-state index contributed by atoms with van der Waals surface area (Å²) < 4.78 is 88.3. The largest absolute Gasteiger partial charge is 0.486 e. The first-order valence-electron chi connectivity index (χ1n) is 8.51. The van der Waals surface area contributed by atoms with Crippen molar-refractivity contribution in [1.29, 1.82) is 0 Å². The highest BCUT2D eigenvalue weighted by Crippen LogP contribution is 2.38. The topological polar surface area (TPSA) is 47.6 Å². The van der Waals surface area contributed by atoms with Crippen molar-refractivity contribution in [3.05, 3.63) is 53.1 Å². The minimum atomic E-state index is -4.97. The van der Waals surface area contributed by atoms with Crippen LogP contribution in [0.3, 0.4) is 0 Å². The number of carbonyl (C=O) groups excluding carboxylic acids is 1. The number of nitrogens with one attached hydrogen (secondary N) is 1. The average molecular weight is 419 g/mol. The molecular weight excluding hydrogens is 404 g/mol. The lowest BCUT2D eigenvalue weighted by Crippen LogP contribution is -2.17. The predicted molar refractivity (Wildman–Crippen MR) is 90.8 cm³/mol. The summed E-state index contributed by atoms with van der Waals surface area (Å²) in [6.45, 7) is 0.742. The van der Waals surface area contributed by atoms with Crippen molar-refractivity contribution in [3.63, 3.8) is 0 Å². The molecule has 0 saturated heterocycles. The average Bonchev–Trinajstić information content (AvgIpc) is 2.64. The summed E-state index contributed by atoms with van der Waals surface area (Å²) >= 11 is 0. The van der Waals surface area contributed by atoms with E-state index in [0.29, 0.717) is 36.5 Å². The highest BCUT2D eigenvalue weighted by Gasteiger charge is 2.38. The molecule has 0 unspecified atom stereocenters. The van der Waals surface area contributed by atoms with Crippen molar-refractivity contribution in [2.75, 3.05) is 18.5 Å². The van der Waals surface area contributed by atoms with Crippen LogP contribution in [0, 0.1) is 0 Å². The van der Waals surface area contributed by atoms with Crippen LogP contribution in [-0.2, 0) is 23.6 Å². The zero-order valence-electron chi connectivity index (χ0n) is 14.8. The normalized spacial score (nSPS) is 13.9. The van der Waals surface area contributed by atoms with E-state index >= 15 is 0 Å². The van der Waals surface area contributed by atoms with Gasteiger partial charge in [0, 0.05) is 18.2 Å². The molecule has 1 aliphatic heterocycles. The van der Waals surface area contributed by atoms with Crippen molar-refractivity contribution in [2.24, 2.45) is 0 Å². The summed E-state index contributed by atoms with van der Waals surface area (Å²) in [6, 6.07) is 6.04. The van der Waals surface area contributed by atoms with E-state index in [1.807, 2.05) is 0 Å². The maximum absolute atomic E-state index is 13.2. The SMILES string of the molecule is O=C(CCc1ccc(C(F)(F)F)cc1C(F)(F)F)Nc1ccc2c(c1)OCCO2. The lowest BCUT2D eigenvalue weighted by Gasteiger charge is -2.19. The van der Waals surface area contributed by atoms with Gasteiger partial charge in [-0.3, -0.25) is 4.79 Å². The second-order valence-electron chi connectivity index (χ2n) is 6.27. The van der Waals surface area contributed by atoms with Gasteiger partial charge in [0.25, 0.3) is 0 Å². The van der Waals surface area contributed by atoms with Gasteiger partial charge in [-0.2, -0.15) is 26.3 Å². The maximum Gasteiger partial charge on any atom is 0.416 e. The zero-order chi connectivity index (χ0) is 21.2. The Morgan fingerprint density at radius 2 is 1.59 bits per heavy atom. The molecule has 1 heterocycles. The monoisotopic (exact) mass is 419 g/mol. The van der Waals surface area contributed by atoms with Gasteiger partial charge in [-0.15, -0.1) is 0 Å². The summed E-state index contributed by atoms with van der Waals surface area (Å²) in [7, 11) is 0. The third kappa shape index (κ3) is 5.12. The summed E-state index contributed by atoms with van der Waals surface area (Å²) in [5.41, 5.74) is -2.82. The number of halogens is 6. The minimum absolute atomic E-state index is 0.0635. The Bertz CT molecular complexity index is 908. The quantitative estimate of drug-likeness (QED) is 0.705. The van der Waals surface area contributed by atoms with Crippen molar-refractivity contribution >= 4 is 11.6 Å². The number of fused-ring (bicyclic) bond motifs is 1.